The summed E-state index contributed by atoms with van der Waals surface area (Å²) in [6.45, 7) is 0. The number of methoxy groups -OCH3 is 4. The van der Waals surface area contributed by atoms with Crippen LogP contribution in [0.4, 0.5) is 5.69 Å². The van der Waals surface area contributed by atoms with Crippen molar-refractivity contribution in [3.8, 4) is 23.0 Å². The summed E-state index contributed by atoms with van der Waals surface area (Å²) < 4.78 is 21.0. The third kappa shape index (κ3) is 4.27. The summed E-state index contributed by atoms with van der Waals surface area (Å²) in [4.78, 5) is 11.6. The Hall–Kier alpha value is -2.61. The summed E-state index contributed by atoms with van der Waals surface area (Å²) in [5.41, 5.74) is 0.761. The van der Waals surface area contributed by atoms with Crippen LogP contribution in [0.3, 0.4) is 0 Å². The van der Waals surface area contributed by atoms with Crippen molar-refractivity contribution in [3.63, 3.8) is 0 Å². The molecule has 0 atom stereocenters. The first-order valence-electron chi connectivity index (χ1n) is 7.28. The number of hydrogen-bond donors (Lipinski definition) is 0. The van der Waals surface area contributed by atoms with E-state index in [0.717, 1.165) is 10.5 Å². The maximum atomic E-state index is 11.1. The van der Waals surface area contributed by atoms with E-state index < -0.39 is 4.92 Å². The Bertz CT molecular complexity index is 740. The van der Waals surface area contributed by atoms with Gasteiger partial charge in [-0.05, 0) is 23.8 Å². The molecule has 0 saturated carbocycles. The SMILES string of the molecule is COc1ccc(CSc2cc(OC)c(OC)c(OC)c2)cc1[N+](=O)[O-]. The summed E-state index contributed by atoms with van der Waals surface area (Å²) >= 11 is 1.51. The van der Waals surface area contributed by atoms with Crippen molar-refractivity contribution in [2.24, 2.45) is 0 Å². The van der Waals surface area contributed by atoms with Crippen LogP contribution >= 0.6 is 11.8 Å². The number of ether oxygens (including phenoxy) is 4. The topological polar surface area (TPSA) is 80.1 Å². The van der Waals surface area contributed by atoms with E-state index in [9.17, 15) is 10.1 Å². The average Bonchev–Trinajstić information content (AvgIpc) is 2.64. The number of hydrogen-bond acceptors (Lipinski definition) is 7. The van der Waals surface area contributed by atoms with Crippen molar-refractivity contribution in [2.75, 3.05) is 28.4 Å². The molecule has 0 aromatic heterocycles. The quantitative estimate of drug-likeness (QED) is 0.398. The highest BCUT2D eigenvalue weighted by Crippen LogP contribution is 2.41. The van der Waals surface area contributed by atoms with E-state index in [4.69, 9.17) is 18.9 Å². The van der Waals surface area contributed by atoms with Crippen LogP contribution < -0.4 is 18.9 Å². The van der Waals surface area contributed by atoms with Crippen molar-refractivity contribution in [1.82, 2.24) is 0 Å². The zero-order valence-corrected chi connectivity index (χ0v) is 15.2. The molecule has 0 aliphatic rings. The van der Waals surface area contributed by atoms with E-state index in [1.807, 2.05) is 12.1 Å². The first-order chi connectivity index (χ1) is 12.0. The standard InChI is InChI=1S/C17H19NO6S/c1-21-14-6-5-11(7-13(14)18(19)20)10-25-12-8-15(22-2)17(24-4)16(9-12)23-3/h5-9H,10H2,1-4H3. The number of thioether (sulfide) groups is 1. The van der Waals surface area contributed by atoms with Crippen LogP contribution in [0.5, 0.6) is 23.0 Å². The molecule has 0 fully saturated rings. The van der Waals surface area contributed by atoms with Gasteiger partial charge in [0.2, 0.25) is 5.75 Å². The van der Waals surface area contributed by atoms with Gasteiger partial charge in [0.1, 0.15) is 0 Å². The fourth-order valence-electron chi connectivity index (χ4n) is 2.28. The lowest BCUT2D eigenvalue weighted by Crippen LogP contribution is -1.96. The summed E-state index contributed by atoms with van der Waals surface area (Å²) in [5, 5.41) is 11.1. The predicted molar refractivity (Wildman–Crippen MR) is 95.3 cm³/mol. The zero-order chi connectivity index (χ0) is 18.4. The van der Waals surface area contributed by atoms with Gasteiger partial charge in [-0.1, -0.05) is 6.07 Å². The van der Waals surface area contributed by atoms with Gasteiger partial charge in [-0.2, -0.15) is 0 Å². The molecule has 0 bridgehead atoms. The lowest BCUT2D eigenvalue weighted by molar-refractivity contribution is -0.385. The number of rotatable bonds is 8. The zero-order valence-electron chi connectivity index (χ0n) is 14.4. The van der Waals surface area contributed by atoms with Gasteiger partial charge in [-0.3, -0.25) is 10.1 Å². The highest BCUT2D eigenvalue weighted by molar-refractivity contribution is 7.98. The molecule has 0 amide bonds. The van der Waals surface area contributed by atoms with Gasteiger partial charge < -0.3 is 18.9 Å². The van der Waals surface area contributed by atoms with E-state index in [-0.39, 0.29) is 11.4 Å². The molecule has 8 heteroatoms. The predicted octanol–water partition coefficient (Wildman–Crippen LogP) is 3.92. The first kappa shape index (κ1) is 18.7. The van der Waals surface area contributed by atoms with Crippen LogP contribution in [0.25, 0.3) is 0 Å². The Balaban J connectivity index is 2.24. The van der Waals surface area contributed by atoms with Crippen LogP contribution in [0, 0.1) is 10.1 Å². The van der Waals surface area contributed by atoms with Crippen LogP contribution in [0.2, 0.25) is 0 Å². The Morgan fingerprint density at radius 1 is 0.920 bits per heavy atom. The summed E-state index contributed by atoms with van der Waals surface area (Å²) in [5.74, 6) is 2.43. The minimum Gasteiger partial charge on any atom is -0.493 e. The molecule has 2 rings (SSSR count). The Morgan fingerprint density at radius 2 is 1.52 bits per heavy atom. The monoisotopic (exact) mass is 365 g/mol. The van der Waals surface area contributed by atoms with Gasteiger partial charge >= 0.3 is 5.69 Å². The highest BCUT2D eigenvalue weighted by atomic mass is 32.2. The van der Waals surface area contributed by atoms with Crippen molar-refractivity contribution in [2.45, 2.75) is 10.6 Å². The molecule has 0 spiro atoms. The minimum absolute atomic E-state index is 0.0505. The molecular formula is C17H19NO6S. The van der Waals surface area contributed by atoms with Crippen LogP contribution in [0.1, 0.15) is 5.56 Å². The molecule has 7 nitrogen and oxygen atoms in total. The van der Waals surface area contributed by atoms with Crippen LogP contribution in [-0.4, -0.2) is 33.4 Å². The smallest absolute Gasteiger partial charge is 0.311 e. The molecule has 0 N–H and O–H groups in total. The molecule has 0 aliphatic heterocycles. The summed E-state index contributed by atoms with van der Waals surface area (Å²) in [6.07, 6.45) is 0. The van der Waals surface area contributed by atoms with Gasteiger partial charge in [0.15, 0.2) is 17.2 Å². The first-order valence-corrected chi connectivity index (χ1v) is 8.26. The summed E-state index contributed by atoms with van der Waals surface area (Å²) in [7, 11) is 6.06. The van der Waals surface area contributed by atoms with E-state index in [1.165, 1.54) is 24.9 Å². The molecule has 0 saturated heterocycles. The fourth-order valence-corrected chi connectivity index (χ4v) is 3.17. The van der Waals surface area contributed by atoms with Crippen LogP contribution in [-0.2, 0) is 5.75 Å². The molecule has 0 unspecified atom stereocenters. The molecule has 2 aromatic rings. The minimum atomic E-state index is -0.452. The maximum absolute atomic E-state index is 11.1. The Morgan fingerprint density at radius 3 is 2.00 bits per heavy atom. The molecule has 0 radical (unpaired) electrons. The normalized spacial score (nSPS) is 10.2. The van der Waals surface area contributed by atoms with Gasteiger partial charge in [0.25, 0.3) is 0 Å². The van der Waals surface area contributed by atoms with Crippen molar-refractivity contribution < 1.29 is 23.9 Å². The van der Waals surface area contributed by atoms with Gasteiger partial charge in [-0.25, -0.2) is 0 Å². The summed E-state index contributed by atoms with van der Waals surface area (Å²) in [6, 6.07) is 8.60. The third-order valence-electron chi connectivity index (χ3n) is 3.48. The van der Waals surface area contributed by atoms with E-state index in [2.05, 4.69) is 0 Å². The van der Waals surface area contributed by atoms with Crippen molar-refractivity contribution >= 4 is 17.4 Å². The Kier molecular flexibility index (Phi) is 6.35. The van der Waals surface area contributed by atoms with Gasteiger partial charge in [0, 0.05) is 16.7 Å². The number of nitro groups is 1. The molecule has 134 valence electrons. The second-order valence-corrected chi connectivity index (χ2v) is 5.96. The molecule has 0 aliphatic carbocycles. The van der Waals surface area contributed by atoms with E-state index in [1.54, 1.807) is 33.5 Å². The van der Waals surface area contributed by atoms with Gasteiger partial charge in [-0.15, -0.1) is 11.8 Å². The molecular weight excluding hydrogens is 346 g/mol. The van der Waals surface area contributed by atoms with Gasteiger partial charge in [0.05, 0.1) is 33.4 Å². The molecule has 2 aromatic carbocycles. The van der Waals surface area contributed by atoms with Crippen LogP contribution in [0.15, 0.2) is 35.2 Å². The highest BCUT2D eigenvalue weighted by Gasteiger charge is 2.16. The Labute approximate surface area is 150 Å². The number of nitro benzene ring substituents is 1. The lowest BCUT2D eigenvalue weighted by Gasteiger charge is -2.14. The maximum Gasteiger partial charge on any atom is 0.311 e. The van der Waals surface area contributed by atoms with E-state index in [0.29, 0.717) is 23.0 Å². The fraction of sp³-hybridized carbons (Fsp3) is 0.294. The van der Waals surface area contributed by atoms with Crippen molar-refractivity contribution in [1.29, 1.82) is 0 Å². The molecule has 0 heterocycles. The van der Waals surface area contributed by atoms with Crippen molar-refractivity contribution in [3.05, 3.63) is 46.0 Å². The third-order valence-corrected chi connectivity index (χ3v) is 4.53. The van der Waals surface area contributed by atoms with E-state index >= 15 is 0 Å². The largest absolute Gasteiger partial charge is 0.493 e. The molecule has 25 heavy (non-hydrogen) atoms. The number of benzene rings is 2. The second-order valence-electron chi connectivity index (χ2n) is 4.91. The lowest BCUT2D eigenvalue weighted by atomic mass is 10.2. The average molecular weight is 365 g/mol. The second kappa shape index (κ2) is 8.48. The number of nitrogens with zero attached hydrogens (tertiary/aromatic N) is 1.